The van der Waals surface area contributed by atoms with E-state index in [1.807, 2.05) is 13.8 Å². The highest BCUT2D eigenvalue weighted by Gasteiger charge is 2.36. The Labute approximate surface area is 112 Å². The molecule has 1 aromatic rings. The first-order valence-electron chi connectivity index (χ1n) is 5.17. The lowest BCUT2D eigenvalue weighted by Gasteiger charge is -2.25. The first kappa shape index (κ1) is 15.1. The molecule has 1 rings (SSSR count). The minimum absolute atomic E-state index is 0.00613. The fraction of sp³-hybridized carbons (Fsp3) is 0.667. The van der Waals surface area contributed by atoms with Crippen LogP contribution in [0.4, 0.5) is 18.3 Å². The molecule has 2 N–H and O–H groups in total. The molecule has 0 bridgehead atoms. The molecule has 0 saturated carbocycles. The zero-order chi connectivity index (χ0) is 13.9. The van der Waals surface area contributed by atoms with E-state index < -0.39 is 11.2 Å². The number of aromatic nitrogens is 2. The summed E-state index contributed by atoms with van der Waals surface area (Å²) in [5.74, 6) is 0. The molecule has 1 heterocycles. The summed E-state index contributed by atoms with van der Waals surface area (Å²) in [5, 5.41) is 6.01. The SMILES string of the molecule is CC(C)N(CCC(N)=S)c1nnc(C(F)(F)F)s1. The fourth-order valence-electron chi connectivity index (χ4n) is 1.25. The van der Waals surface area contributed by atoms with E-state index in [9.17, 15) is 13.2 Å². The van der Waals surface area contributed by atoms with Crippen LogP contribution in [0.2, 0.25) is 0 Å². The maximum atomic E-state index is 12.4. The Morgan fingerprint density at radius 2 is 2.06 bits per heavy atom. The summed E-state index contributed by atoms with van der Waals surface area (Å²) in [4.78, 5) is 2.02. The van der Waals surface area contributed by atoms with E-state index in [-0.39, 0.29) is 11.2 Å². The average molecular weight is 298 g/mol. The van der Waals surface area contributed by atoms with Gasteiger partial charge in [-0.3, -0.25) is 0 Å². The Balaban J connectivity index is 2.86. The number of hydrogen-bond acceptors (Lipinski definition) is 5. The second-order valence-electron chi connectivity index (χ2n) is 3.89. The number of alkyl halides is 3. The number of anilines is 1. The predicted molar refractivity (Wildman–Crippen MR) is 68.8 cm³/mol. The second-order valence-corrected chi connectivity index (χ2v) is 5.37. The van der Waals surface area contributed by atoms with E-state index >= 15 is 0 Å². The van der Waals surface area contributed by atoms with Gasteiger partial charge in [0.05, 0.1) is 4.99 Å². The molecule has 9 heteroatoms. The van der Waals surface area contributed by atoms with Crippen molar-refractivity contribution in [2.24, 2.45) is 5.73 Å². The van der Waals surface area contributed by atoms with Gasteiger partial charge < -0.3 is 10.6 Å². The van der Waals surface area contributed by atoms with E-state index in [1.165, 1.54) is 0 Å². The van der Waals surface area contributed by atoms with Crippen LogP contribution in [0.25, 0.3) is 0 Å². The minimum atomic E-state index is -4.46. The Hall–Kier alpha value is -0.960. The maximum Gasteiger partial charge on any atom is 0.445 e. The Morgan fingerprint density at radius 3 is 2.44 bits per heavy atom. The number of halogens is 3. The van der Waals surface area contributed by atoms with Gasteiger partial charge in [-0.25, -0.2) is 0 Å². The van der Waals surface area contributed by atoms with Crippen molar-refractivity contribution in [3.8, 4) is 0 Å². The third-order valence-corrected chi connectivity index (χ3v) is 3.33. The van der Waals surface area contributed by atoms with Crippen LogP contribution in [-0.4, -0.2) is 27.8 Å². The molecular formula is C9H13F3N4S2. The summed E-state index contributed by atoms with van der Waals surface area (Å²) in [6, 6.07) is -0.00613. The fourth-order valence-corrected chi connectivity index (χ4v) is 2.21. The number of rotatable bonds is 5. The van der Waals surface area contributed by atoms with Crippen molar-refractivity contribution in [3.05, 3.63) is 5.01 Å². The van der Waals surface area contributed by atoms with E-state index in [0.717, 1.165) is 0 Å². The summed E-state index contributed by atoms with van der Waals surface area (Å²) in [6.07, 6.45) is -4.03. The highest BCUT2D eigenvalue weighted by atomic mass is 32.1. The topological polar surface area (TPSA) is 55.0 Å². The van der Waals surface area contributed by atoms with Crippen molar-refractivity contribution >= 4 is 33.7 Å². The second kappa shape index (κ2) is 5.79. The van der Waals surface area contributed by atoms with Crippen LogP contribution < -0.4 is 10.6 Å². The summed E-state index contributed by atoms with van der Waals surface area (Å²) < 4.78 is 37.3. The van der Waals surface area contributed by atoms with Crippen molar-refractivity contribution in [2.75, 3.05) is 11.4 Å². The van der Waals surface area contributed by atoms with Crippen LogP contribution in [0, 0.1) is 0 Å². The van der Waals surface area contributed by atoms with E-state index in [1.54, 1.807) is 4.90 Å². The predicted octanol–water partition coefficient (Wildman–Crippen LogP) is 2.45. The lowest BCUT2D eigenvalue weighted by atomic mass is 10.3. The number of thiocarbonyl (C=S) groups is 1. The average Bonchev–Trinajstić information content (AvgIpc) is 2.65. The molecule has 0 aliphatic heterocycles. The molecule has 0 aromatic carbocycles. The standard InChI is InChI=1S/C9H13F3N4S2/c1-5(2)16(4-3-6(13)17)8-15-14-7(18-8)9(10,11)12/h5H,3-4H2,1-2H3,(H2,13,17). The molecule has 4 nitrogen and oxygen atoms in total. The van der Waals surface area contributed by atoms with Gasteiger partial charge in [0.2, 0.25) is 10.1 Å². The molecule has 0 aliphatic carbocycles. The Bertz CT molecular complexity index is 416. The third kappa shape index (κ3) is 4.05. The number of nitrogens with two attached hydrogens (primary N) is 1. The molecular weight excluding hydrogens is 285 g/mol. The highest BCUT2D eigenvalue weighted by molar-refractivity contribution is 7.80. The molecule has 1 aromatic heterocycles. The zero-order valence-electron chi connectivity index (χ0n) is 9.86. The summed E-state index contributed by atoms with van der Waals surface area (Å²) in [7, 11) is 0. The van der Waals surface area contributed by atoms with Crippen molar-refractivity contribution in [1.82, 2.24) is 10.2 Å². The zero-order valence-corrected chi connectivity index (χ0v) is 11.5. The minimum Gasteiger partial charge on any atom is -0.393 e. The van der Waals surface area contributed by atoms with E-state index in [0.29, 0.717) is 29.3 Å². The molecule has 102 valence electrons. The third-order valence-electron chi connectivity index (χ3n) is 2.12. The number of nitrogens with zero attached hydrogens (tertiary/aromatic N) is 3. The van der Waals surface area contributed by atoms with Crippen molar-refractivity contribution in [1.29, 1.82) is 0 Å². The number of hydrogen-bond donors (Lipinski definition) is 1. The smallest absolute Gasteiger partial charge is 0.393 e. The van der Waals surface area contributed by atoms with Gasteiger partial charge in [0.15, 0.2) is 0 Å². The molecule has 0 fully saturated rings. The highest BCUT2D eigenvalue weighted by Crippen LogP contribution is 2.34. The van der Waals surface area contributed by atoms with Gasteiger partial charge in [-0.2, -0.15) is 13.2 Å². The van der Waals surface area contributed by atoms with Gasteiger partial charge in [-0.05, 0) is 13.8 Å². The van der Waals surface area contributed by atoms with E-state index in [4.69, 9.17) is 18.0 Å². The van der Waals surface area contributed by atoms with Crippen LogP contribution in [0.1, 0.15) is 25.3 Å². The molecule has 0 radical (unpaired) electrons. The first-order chi connectivity index (χ1) is 8.21. The van der Waals surface area contributed by atoms with Crippen LogP contribution >= 0.6 is 23.6 Å². The van der Waals surface area contributed by atoms with Crippen molar-refractivity contribution < 1.29 is 13.2 Å². The quantitative estimate of drug-likeness (QED) is 0.846. The van der Waals surface area contributed by atoms with Crippen LogP contribution in [0.3, 0.4) is 0 Å². The van der Waals surface area contributed by atoms with Gasteiger partial charge in [0, 0.05) is 19.0 Å². The van der Waals surface area contributed by atoms with Gasteiger partial charge in [0.1, 0.15) is 0 Å². The van der Waals surface area contributed by atoms with Gasteiger partial charge >= 0.3 is 6.18 Å². The molecule has 0 amide bonds. The molecule has 0 unspecified atom stereocenters. The van der Waals surface area contributed by atoms with Gasteiger partial charge in [0.25, 0.3) is 0 Å². The van der Waals surface area contributed by atoms with Crippen LogP contribution in [0.5, 0.6) is 0 Å². The lowest BCUT2D eigenvalue weighted by molar-refractivity contribution is -0.138. The van der Waals surface area contributed by atoms with Crippen LogP contribution in [-0.2, 0) is 6.18 Å². The largest absolute Gasteiger partial charge is 0.445 e. The van der Waals surface area contributed by atoms with Crippen molar-refractivity contribution in [3.63, 3.8) is 0 Å². The summed E-state index contributed by atoms with van der Waals surface area (Å²) in [6.45, 7) is 4.14. The van der Waals surface area contributed by atoms with Gasteiger partial charge in [-0.1, -0.05) is 23.6 Å². The molecule has 0 aliphatic rings. The molecule has 0 saturated heterocycles. The summed E-state index contributed by atoms with van der Waals surface area (Å²) in [5.41, 5.74) is 5.39. The normalized spacial score (nSPS) is 11.9. The maximum absolute atomic E-state index is 12.4. The Kier molecular flexibility index (Phi) is 4.85. The Morgan fingerprint density at radius 1 is 1.44 bits per heavy atom. The monoisotopic (exact) mass is 298 g/mol. The van der Waals surface area contributed by atoms with Crippen LogP contribution in [0.15, 0.2) is 0 Å². The first-order valence-corrected chi connectivity index (χ1v) is 6.40. The molecule has 18 heavy (non-hydrogen) atoms. The van der Waals surface area contributed by atoms with Gasteiger partial charge in [-0.15, -0.1) is 10.2 Å². The van der Waals surface area contributed by atoms with E-state index in [2.05, 4.69) is 10.2 Å². The molecule has 0 atom stereocenters. The molecule has 0 spiro atoms. The lowest BCUT2D eigenvalue weighted by Crippen LogP contribution is -2.33. The summed E-state index contributed by atoms with van der Waals surface area (Å²) >= 11 is 5.28. The van der Waals surface area contributed by atoms with Crippen molar-refractivity contribution in [2.45, 2.75) is 32.5 Å².